The van der Waals surface area contributed by atoms with Crippen LogP contribution in [-0.2, 0) is 4.79 Å². The number of methoxy groups -OCH3 is 1. The number of aryl methyl sites for hydroxylation is 1. The number of piperidine rings is 1. The predicted molar refractivity (Wildman–Crippen MR) is 113 cm³/mol. The van der Waals surface area contributed by atoms with Crippen molar-refractivity contribution in [3.63, 3.8) is 0 Å². The standard InChI is InChI=1S/C22H24N2O4S/c1-15-6-5-9-19-21(15)23-22(29-19)28-16-10-12-24(13-11-16)20(25)14-27-18-8-4-3-7-17(18)26-2/h3-9,16H,10-14H2,1-2H3. The van der Waals surface area contributed by atoms with E-state index in [9.17, 15) is 4.79 Å². The molecule has 6 nitrogen and oxygen atoms in total. The molecule has 2 aromatic carbocycles. The minimum absolute atomic E-state index is 0.00302. The van der Waals surface area contributed by atoms with Gasteiger partial charge in [0.2, 0.25) is 0 Å². The fourth-order valence-corrected chi connectivity index (χ4v) is 4.41. The average Bonchev–Trinajstić information content (AvgIpc) is 3.16. The number of ether oxygens (including phenoxy) is 3. The number of para-hydroxylation sites is 3. The topological polar surface area (TPSA) is 60.9 Å². The first-order valence-corrected chi connectivity index (χ1v) is 10.5. The summed E-state index contributed by atoms with van der Waals surface area (Å²) in [6.07, 6.45) is 1.65. The molecule has 1 amide bonds. The average molecular weight is 413 g/mol. The molecule has 2 heterocycles. The van der Waals surface area contributed by atoms with Crippen LogP contribution in [-0.4, -0.2) is 48.7 Å². The molecule has 0 atom stereocenters. The summed E-state index contributed by atoms with van der Waals surface area (Å²) in [5.74, 6) is 1.18. The number of rotatable bonds is 6. The lowest BCUT2D eigenvalue weighted by molar-refractivity contribution is -0.135. The number of hydrogen-bond donors (Lipinski definition) is 0. The van der Waals surface area contributed by atoms with E-state index in [0.29, 0.717) is 29.8 Å². The summed E-state index contributed by atoms with van der Waals surface area (Å²) in [5.41, 5.74) is 2.16. The second-order valence-corrected chi connectivity index (χ2v) is 8.03. The van der Waals surface area contributed by atoms with Crippen LogP contribution in [0.25, 0.3) is 10.2 Å². The molecule has 0 bridgehead atoms. The summed E-state index contributed by atoms with van der Waals surface area (Å²) in [6, 6.07) is 13.5. The van der Waals surface area contributed by atoms with E-state index in [-0.39, 0.29) is 18.6 Å². The lowest BCUT2D eigenvalue weighted by Crippen LogP contribution is -2.43. The number of benzene rings is 2. The van der Waals surface area contributed by atoms with E-state index in [2.05, 4.69) is 24.0 Å². The van der Waals surface area contributed by atoms with Crippen LogP contribution in [0.4, 0.5) is 0 Å². The highest BCUT2D eigenvalue weighted by atomic mass is 32.1. The number of amides is 1. The van der Waals surface area contributed by atoms with Crippen LogP contribution in [0, 0.1) is 6.92 Å². The smallest absolute Gasteiger partial charge is 0.274 e. The minimum atomic E-state index is -0.0232. The summed E-state index contributed by atoms with van der Waals surface area (Å²) >= 11 is 1.58. The number of thiazole rings is 1. The van der Waals surface area contributed by atoms with Gasteiger partial charge in [-0.3, -0.25) is 4.79 Å². The van der Waals surface area contributed by atoms with Crippen molar-refractivity contribution in [2.75, 3.05) is 26.8 Å². The van der Waals surface area contributed by atoms with Gasteiger partial charge >= 0.3 is 0 Å². The second-order valence-electron chi connectivity index (χ2n) is 7.04. The van der Waals surface area contributed by atoms with Crippen molar-refractivity contribution in [1.82, 2.24) is 9.88 Å². The molecule has 0 spiro atoms. The van der Waals surface area contributed by atoms with E-state index in [1.54, 1.807) is 24.5 Å². The van der Waals surface area contributed by atoms with Crippen LogP contribution in [0.2, 0.25) is 0 Å². The van der Waals surface area contributed by atoms with Gasteiger partial charge in [-0.1, -0.05) is 35.6 Å². The molecule has 4 rings (SSSR count). The Hall–Kier alpha value is -2.80. The van der Waals surface area contributed by atoms with Crippen molar-refractivity contribution in [3.05, 3.63) is 48.0 Å². The summed E-state index contributed by atoms with van der Waals surface area (Å²) in [5, 5.41) is 0.707. The molecule has 0 unspecified atom stereocenters. The van der Waals surface area contributed by atoms with E-state index in [1.165, 1.54) is 0 Å². The predicted octanol–water partition coefficient (Wildman–Crippen LogP) is 4.06. The number of hydrogen-bond acceptors (Lipinski definition) is 6. The highest BCUT2D eigenvalue weighted by molar-refractivity contribution is 7.20. The molecule has 1 fully saturated rings. The number of carbonyl (C=O) groups is 1. The molecule has 0 saturated carbocycles. The summed E-state index contributed by atoms with van der Waals surface area (Å²) in [6.45, 7) is 3.37. The van der Waals surface area contributed by atoms with Gasteiger partial charge in [-0.25, -0.2) is 4.98 Å². The quantitative estimate of drug-likeness (QED) is 0.611. The Morgan fingerprint density at radius 1 is 1.14 bits per heavy atom. The Labute approximate surface area is 174 Å². The van der Waals surface area contributed by atoms with Gasteiger partial charge in [0.25, 0.3) is 11.1 Å². The van der Waals surface area contributed by atoms with Crippen LogP contribution in [0.5, 0.6) is 16.7 Å². The van der Waals surface area contributed by atoms with Gasteiger partial charge in [0.05, 0.1) is 17.3 Å². The van der Waals surface area contributed by atoms with Gasteiger partial charge in [0.15, 0.2) is 18.1 Å². The molecule has 7 heteroatoms. The molecule has 1 aliphatic heterocycles. The van der Waals surface area contributed by atoms with Crippen LogP contribution < -0.4 is 14.2 Å². The molecule has 1 saturated heterocycles. The van der Waals surface area contributed by atoms with Gasteiger partial charge in [0.1, 0.15) is 6.10 Å². The van der Waals surface area contributed by atoms with Crippen LogP contribution in [0.3, 0.4) is 0 Å². The van der Waals surface area contributed by atoms with E-state index < -0.39 is 0 Å². The van der Waals surface area contributed by atoms with Gasteiger partial charge in [-0.15, -0.1) is 0 Å². The molecule has 0 aliphatic carbocycles. The minimum Gasteiger partial charge on any atom is -0.493 e. The summed E-state index contributed by atoms with van der Waals surface area (Å²) in [4.78, 5) is 19.0. The molecule has 29 heavy (non-hydrogen) atoms. The van der Waals surface area contributed by atoms with E-state index in [1.807, 2.05) is 29.2 Å². The lowest BCUT2D eigenvalue weighted by Gasteiger charge is -2.31. The van der Waals surface area contributed by atoms with Crippen molar-refractivity contribution < 1.29 is 19.0 Å². The first-order chi connectivity index (χ1) is 14.1. The Morgan fingerprint density at radius 2 is 1.90 bits per heavy atom. The first-order valence-electron chi connectivity index (χ1n) is 9.70. The van der Waals surface area contributed by atoms with E-state index in [4.69, 9.17) is 14.2 Å². The SMILES string of the molecule is COc1ccccc1OCC(=O)N1CCC(Oc2nc3c(C)cccc3s2)CC1. The number of likely N-dealkylation sites (tertiary alicyclic amines) is 1. The molecule has 3 aromatic rings. The van der Waals surface area contributed by atoms with Crippen molar-refractivity contribution in [3.8, 4) is 16.7 Å². The van der Waals surface area contributed by atoms with Gasteiger partial charge < -0.3 is 19.1 Å². The van der Waals surface area contributed by atoms with Crippen molar-refractivity contribution in [2.24, 2.45) is 0 Å². The van der Waals surface area contributed by atoms with Gasteiger partial charge in [0, 0.05) is 25.9 Å². The van der Waals surface area contributed by atoms with Gasteiger partial charge in [-0.2, -0.15) is 0 Å². The number of fused-ring (bicyclic) bond motifs is 1. The Bertz CT molecular complexity index is 995. The molecule has 0 radical (unpaired) electrons. The van der Waals surface area contributed by atoms with E-state index in [0.717, 1.165) is 28.6 Å². The number of aromatic nitrogens is 1. The highest BCUT2D eigenvalue weighted by Gasteiger charge is 2.25. The summed E-state index contributed by atoms with van der Waals surface area (Å²) < 4.78 is 18.2. The van der Waals surface area contributed by atoms with Crippen molar-refractivity contribution in [2.45, 2.75) is 25.9 Å². The molecule has 1 aliphatic rings. The largest absolute Gasteiger partial charge is 0.493 e. The second kappa shape index (κ2) is 8.69. The summed E-state index contributed by atoms with van der Waals surface area (Å²) in [7, 11) is 1.58. The Balaban J connectivity index is 1.28. The Kier molecular flexibility index (Phi) is 5.85. The van der Waals surface area contributed by atoms with Gasteiger partial charge in [-0.05, 0) is 30.7 Å². The molecule has 1 aromatic heterocycles. The Morgan fingerprint density at radius 3 is 2.62 bits per heavy atom. The molecule has 152 valence electrons. The third-order valence-corrected chi connectivity index (χ3v) is 5.99. The van der Waals surface area contributed by atoms with Crippen LogP contribution in [0.1, 0.15) is 18.4 Å². The van der Waals surface area contributed by atoms with Crippen molar-refractivity contribution in [1.29, 1.82) is 0 Å². The zero-order valence-electron chi connectivity index (χ0n) is 16.6. The number of nitrogens with zero attached hydrogens (tertiary/aromatic N) is 2. The fraction of sp³-hybridized carbons (Fsp3) is 0.364. The number of carbonyl (C=O) groups excluding carboxylic acids is 1. The van der Waals surface area contributed by atoms with E-state index >= 15 is 0 Å². The highest BCUT2D eigenvalue weighted by Crippen LogP contribution is 2.31. The monoisotopic (exact) mass is 412 g/mol. The van der Waals surface area contributed by atoms with Crippen LogP contribution >= 0.6 is 11.3 Å². The van der Waals surface area contributed by atoms with Crippen molar-refractivity contribution >= 4 is 27.5 Å². The zero-order chi connectivity index (χ0) is 20.2. The lowest BCUT2D eigenvalue weighted by atomic mass is 10.1. The maximum absolute atomic E-state index is 12.5. The first kappa shape index (κ1) is 19.5. The fourth-order valence-electron chi connectivity index (χ4n) is 3.45. The van der Waals surface area contributed by atoms with Crippen LogP contribution in [0.15, 0.2) is 42.5 Å². The molecular weight excluding hydrogens is 388 g/mol. The maximum Gasteiger partial charge on any atom is 0.274 e. The normalized spacial score (nSPS) is 14.8. The zero-order valence-corrected chi connectivity index (χ0v) is 17.4. The third-order valence-electron chi connectivity index (χ3n) is 5.08. The third kappa shape index (κ3) is 4.45. The maximum atomic E-state index is 12.5. The molecule has 0 N–H and O–H groups in total. The molecular formula is C22H24N2O4S.